The molecule has 0 spiro atoms. The molecule has 0 N–H and O–H groups in total. The van der Waals surface area contributed by atoms with Crippen molar-refractivity contribution in [1.29, 1.82) is 0 Å². The molecule has 1 unspecified atom stereocenters. The third kappa shape index (κ3) is 1.89. The van der Waals surface area contributed by atoms with Crippen LogP contribution in [0.15, 0.2) is 24.3 Å². The van der Waals surface area contributed by atoms with Crippen molar-refractivity contribution in [2.75, 3.05) is 6.61 Å². The second kappa shape index (κ2) is 3.11. The van der Waals surface area contributed by atoms with Crippen molar-refractivity contribution in [2.45, 2.75) is 25.4 Å². The monoisotopic (exact) mass is 180 g/mol. The molecule has 1 heterocycles. The molecule has 1 nitrogen and oxygen atoms in total. The molecule has 0 saturated carbocycles. The molecule has 70 valence electrons. The van der Waals surface area contributed by atoms with Gasteiger partial charge in [0.2, 0.25) is 0 Å². The third-order valence-corrected chi connectivity index (χ3v) is 2.55. The van der Waals surface area contributed by atoms with Gasteiger partial charge in [-0.1, -0.05) is 12.1 Å². The fourth-order valence-corrected chi connectivity index (χ4v) is 1.67. The van der Waals surface area contributed by atoms with E-state index < -0.39 is 0 Å². The summed E-state index contributed by atoms with van der Waals surface area (Å²) in [6.07, 6.45) is 1.88. The van der Waals surface area contributed by atoms with E-state index in [2.05, 4.69) is 6.92 Å². The first-order valence-corrected chi connectivity index (χ1v) is 4.56. The Morgan fingerprint density at radius 1 is 1.54 bits per heavy atom. The van der Waals surface area contributed by atoms with Gasteiger partial charge in [-0.15, -0.1) is 0 Å². The molecule has 2 heteroatoms. The number of ether oxygens (including phenoxy) is 1. The van der Waals surface area contributed by atoms with Crippen molar-refractivity contribution in [3.63, 3.8) is 0 Å². The average molecular weight is 180 g/mol. The van der Waals surface area contributed by atoms with Crippen LogP contribution in [0, 0.1) is 5.82 Å². The molecular formula is C11H13FO. The van der Waals surface area contributed by atoms with Crippen molar-refractivity contribution in [1.82, 2.24) is 0 Å². The van der Waals surface area contributed by atoms with Gasteiger partial charge in [0.25, 0.3) is 0 Å². The van der Waals surface area contributed by atoms with E-state index in [1.54, 1.807) is 12.1 Å². The van der Waals surface area contributed by atoms with Crippen molar-refractivity contribution < 1.29 is 9.13 Å². The second-order valence-electron chi connectivity index (χ2n) is 3.86. The predicted octanol–water partition coefficient (Wildman–Crippen LogP) is 2.55. The van der Waals surface area contributed by atoms with Crippen LogP contribution >= 0.6 is 0 Å². The Morgan fingerprint density at radius 3 is 2.85 bits per heavy atom. The molecule has 1 fully saturated rings. The van der Waals surface area contributed by atoms with E-state index in [9.17, 15) is 4.39 Å². The number of benzene rings is 1. The first-order valence-electron chi connectivity index (χ1n) is 4.56. The summed E-state index contributed by atoms with van der Waals surface area (Å²) in [5, 5.41) is 0. The molecular weight excluding hydrogens is 167 g/mol. The molecule has 1 atom stereocenters. The molecule has 13 heavy (non-hydrogen) atoms. The number of halogens is 1. The van der Waals surface area contributed by atoms with Gasteiger partial charge in [0.1, 0.15) is 5.82 Å². The second-order valence-corrected chi connectivity index (χ2v) is 3.86. The Balaban J connectivity index is 2.09. The van der Waals surface area contributed by atoms with Gasteiger partial charge in [-0.3, -0.25) is 0 Å². The van der Waals surface area contributed by atoms with Crippen molar-refractivity contribution >= 4 is 0 Å². The van der Waals surface area contributed by atoms with Crippen molar-refractivity contribution in [3.8, 4) is 0 Å². The maximum Gasteiger partial charge on any atom is 0.123 e. The third-order valence-electron chi connectivity index (χ3n) is 2.55. The first kappa shape index (κ1) is 8.70. The Bertz CT molecular complexity index is 305. The number of hydrogen-bond donors (Lipinski definition) is 0. The van der Waals surface area contributed by atoms with Crippen LogP contribution in [0.25, 0.3) is 0 Å². The van der Waals surface area contributed by atoms with E-state index in [4.69, 9.17) is 4.74 Å². The van der Waals surface area contributed by atoms with Gasteiger partial charge in [-0.05, 0) is 31.0 Å². The Kier molecular flexibility index (Phi) is 2.08. The summed E-state index contributed by atoms with van der Waals surface area (Å²) in [7, 11) is 0. The van der Waals surface area contributed by atoms with E-state index in [1.165, 1.54) is 6.07 Å². The highest BCUT2D eigenvalue weighted by molar-refractivity contribution is 5.18. The minimum atomic E-state index is -0.166. The maximum absolute atomic E-state index is 12.8. The molecule has 1 aromatic carbocycles. The highest BCUT2D eigenvalue weighted by Gasteiger charge is 2.32. The number of hydrogen-bond acceptors (Lipinski definition) is 1. The van der Waals surface area contributed by atoms with E-state index >= 15 is 0 Å². The summed E-state index contributed by atoms with van der Waals surface area (Å²) in [5.74, 6) is -0.166. The quantitative estimate of drug-likeness (QED) is 0.679. The highest BCUT2D eigenvalue weighted by atomic mass is 19.1. The zero-order chi connectivity index (χ0) is 9.31. The van der Waals surface area contributed by atoms with Crippen molar-refractivity contribution in [3.05, 3.63) is 35.6 Å². The topological polar surface area (TPSA) is 9.23 Å². The van der Waals surface area contributed by atoms with Gasteiger partial charge in [0, 0.05) is 6.42 Å². The van der Waals surface area contributed by atoms with Gasteiger partial charge in [0.15, 0.2) is 0 Å². The van der Waals surface area contributed by atoms with Crippen LogP contribution in [0.2, 0.25) is 0 Å². The summed E-state index contributed by atoms with van der Waals surface area (Å²) in [4.78, 5) is 0. The summed E-state index contributed by atoms with van der Waals surface area (Å²) < 4.78 is 18.3. The average Bonchev–Trinajstić information content (AvgIpc) is 2.01. The summed E-state index contributed by atoms with van der Waals surface area (Å²) in [5.41, 5.74) is 0.968. The molecule has 1 aliphatic heterocycles. The molecule has 1 aromatic rings. The van der Waals surface area contributed by atoms with Crippen LogP contribution in [0.5, 0.6) is 0 Å². The summed E-state index contributed by atoms with van der Waals surface area (Å²) >= 11 is 0. The lowest BCUT2D eigenvalue weighted by atomic mass is 9.89. The minimum Gasteiger partial charge on any atom is -0.375 e. The number of rotatable bonds is 2. The lowest BCUT2D eigenvalue weighted by molar-refractivity contribution is -0.132. The standard InChI is InChI=1S/C11H13FO/c1-11(5-6-13-11)8-9-3-2-4-10(12)7-9/h2-4,7H,5-6,8H2,1H3. The molecule has 0 amide bonds. The largest absolute Gasteiger partial charge is 0.375 e. The zero-order valence-corrected chi connectivity index (χ0v) is 7.72. The molecule has 1 aliphatic rings. The molecule has 0 aromatic heterocycles. The first-order chi connectivity index (χ1) is 6.18. The van der Waals surface area contributed by atoms with E-state index in [-0.39, 0.29) is 11.4 Å². The van der Waals surface area contributed by atoms with Gasteiger partial charge in [0.05, 0.1) is 12.2 Å². The fraction of sp³-hybridized carbons (Fsp3) is 0.455. The fourth-order valence-electron chi connectivity index (χ4n) is 1.67. The van der Waals surface area contributed by atoms with Gasteiger partial charge in [-0.25, -0.2) is 4.39 Å². The van der Waals surface area contributed by atoms with Crippen molar-refractivity contribution in [2.24, 2.45) is 0 Å². The van der Waals surface area contributed by atoms with Gasteiger partial charge < -0.3 is 4.74 Å². The lowest BCUT2D eigenvalue weighted by Gasteiger charge is -2.38. The SMILES string of the molecule is CC1(Cc2cccc(F)c2)CCO1. The maximum atomic E-state index is 12.8. The lowest BCUT2D eigenvalue weighted by Crippen LogP contribution is -2.42. The van der Waals surface area contributed by atoms with Gasteiger partial charge >= 0.3 is 0 Å². The van der Waals surface area contributed by atoms with E-state index in [0.29, 0.717) is 0 Å². The minimum absolute atomic E-state index is 0.0478. The predicted molar refractivity (Wildman–Crippen MR) is 49.1 cm³/mol. The van der Waals surface area contributed by atoms with Crippen LogP contribution < -0.4 is 0 Å². The normalized spacial score (nSPS) is 26.9. The zero-order valence-electron chi connectivity index (χ0n) is 7.72. The van der Waals surface area contributed by atoms with E-state index in [0.717, 1.165) is 25.0 Å². The van der Waals surface area contributed by atoms with Crippen LogP contribution in [0.4, 0.5) is 4.39 Å². The van der Waals surface area contributed by atoms with Crippen LogP contribution in [0.3, 0.4) is 0 Å². The Labute approximate surface area is 77.5 Å². The molecule has 0 radical (unpaired) electrons. The van der Waals surface area contributed by atoms with Crippen LogP contribution in [-0.4, -0.2) is 12.2 Å². The Hall–Kier alpha value is -0.890. The van der Waals surface area contributed by atoms with Crippen LogP contribution in [-0.2, 0) is 11.2 Å². The molecule has 1 saturated heterocycles. The Morgan fingerprint density at radius 2 is 2.31 bits per heavy atom. The van der Waals surface area contributed by atoms with Crippen LogP contribution in [0.1, 0.15) is 18.9 Å². The molecule has 0 bridgehead atoms. The smallest absolute Gasteiger partial charge is 0.123 e. The summed E-state index contributed by atoms with van der Waals surface area (Å²) in [6, 6.07) is 6.73. The molecule has 0 aliphatic carbocycles. The molecule has 2 rings (SSSR count). The van der Waals surface area contributed by atoms with Gasteiger partial charge in [-0.2, -0.15) is 0 Å². The summed E-state index contributed by atoms with van der Waals surface area (Å²) in [6.45, 7) is 2.91. The highest BCUT2D eigenvalue weighted by Crippen LogP contribution is 2.29. The van der Waals surface area contributed by atoms with E-state index in [1.807, 2.05) is 6.07 Å².